The number of benzene rings is 2. The summed E-state index contributed by atoms with van der Waals surface area (Å²) in [5.41, 5.74) is 13.3. The molecule has 7 nitrogen and oxygen atoms in total. The van der Waals surface area contributed by atoms with Gasteiger partial charge in [0.15, 0.2) is 5.82 Å². The van der Waals surface area contributed by atoms with E-state index in [1.54, 1.807) is 24.3 Å². The van der Waals surface area contributed by atoms with Gasteiger partial charge in [0, 0.05) is 17.1 Å². The van der Waals surface area contributed by atoms with E-state index in [-0.39, 0.29) is 23.0 Å². The number of aromatic nitrogens is 2. The predicted molar refractivity (Wildman–Crippen MR) is 90.9 cm³/mol. The molecule has 0 spiro atoms. The van der Waals surface area contributed by atoms with Gasteiger partial charge in [0.25, 0.3) is 5.91 Å². The molecule has 0 atom stereocenters. The molecule has 0 unspecified atom stereocenters. The van der Waals surface area contributed by atoms with Crippen LogP contribution in [-0.2, 0) is 0 Å². The number of nitrogen functional groups attached to an aromatic ring is 1. The molecular formula is C16H15FN6O. The zero-order valence-corrected chi connectivity index (χ0v) is 12.5. The number of rotatable bonds is 5. The highest BCUT2D eigenvalue weighted by Crippen LogP contribution is 2.24. The van der Waals surface area contributed by atoms with Gasteiger partial charge in [-0.3, -0.25) is 9.89 Å². The van der Waals surface area contributed by atoms with Crippen LogP contribution in [0.3, 0.4) is 0 Å². The summed E-state index contributed by atoms with van der Waals surface area (Å²) in [6.45, 7) is 0. The number of nitrogens with two attached hydrogens (primary N) is 2. The first-order chi connectivity index (χ1) is 11.5. The number of halogens is 1. The van der Waals surface area contributed by atoms with Gasteiger partial charge in [0.1, 0.15) is 17.2 Å². The number of nitrogens with one attached hydrogen (secondary N) is 3. The molecule has 7 N–H and O–H groups in total. The lowest BCUT2D eigenvalue weighted by Gasteiger charge is -2.09. The Balaban J connectivity index is 1.73. The summed E-state index contributed by atoms with van der Waals surface area (Å²) >= 11 is 0. The van der Waals surface area contributed by atoms with Gasteiger partial charge in [0.2, 0.25) is 0 Å². The van der Waals surface area contributed by atoms with Gasteiger partial charge in [0.05, 0.1) is 0 Å². The summed E-state index contributed by atoms with van der Waals surface area (Å²) < 4.78 is 12.9. The lowest BCUT2D eigenvalue weighted by molar-refractivity contribution is 0.100. The van der Waals surface area contributed by atoms with Crippen molar-refractivity contribution in [2.75, 3.05) is 16.4 Å². The maximum atomic E-state index is 12.9. The average Bonchev–Trinajstić information content (AvgIpc) is 2.92. The minimum atomic E-state index is -0.668. The van der Waals surface area contributed by atoms with Gasteiger partial charge in [-0.25, -0.2) is 4.39 Å². The summed E-state index contributed by atoms with van der Waals surface area (Å²) in [7, 11) is 0. The van der Waals surface area contributed by atoms with Crippen molar-refractivity contribution in [1.82, 2.24) is 10.2 Å². The standard InChI is InChI=1S/C16H15FN6O/c17-9-1-3-10(4-2-9)20-11-5-7-12(8-6-11)21-16-13(15(19)24)14(18)22-23-16/h1-8,20H,(H2,19,24)(H4,18,21,22,23). The van der Waals surface area contributed by atoms with Crippen LogP contribution in [-0.4, -0.2) is 16.1 Å². The molecule has 2 aromatic carbocycles. The Morgan fingerprint density at radius 3 is 2.00 bits per heavy atom. The van der Waals surface area contributed by atoms with Crippen molar-refractivity contribution < 1.29 is 9.18 Å². The van der Waals surface area contributed by atoms with Gasteiger partial charge in [-0.05, 0) is 48.5 Å². The molecule has 0 saturated carbocycles. The highest BCUT2D eigenvalue weighted by Gasteiger charge is 2.16. The Kier molecular flexibility index (Phi) is 4.02. The fraction of sp³-hybridized carbons (Fsp3) is 0. The number of hydrogen-bond donors (Lipinski definition) is 5. The van der Waals surface area contributed by atoms with Crippen molar-refractivity contribution in [3.05, 3.63) is 59.9 Å². The second-order valence-corrected chi connectivity index (χ2v) is 5.06. The Bertz CT molecular complexity index is 857. The summed E-state index contributed by atoms with van der Waals surface area (Å²) in [5.74, 6) is -0.583. The highest BCUT2D eigenvalue weighted by atomic mass is 19.1. The molecule has 0 aliphatic heterocycles. The fourth-order valence-corrected chi connectivity index (χ4v) is 2.17. The molecule has 0 fully saturated rings. The molecule has 1 aromatic heterocycles. The van der Waals surface area contributed by atoms with Crippen LogP contribution in [0.5, 0.6) is 0 Å². The number of carbonyl (C=O) groups excluding carboxylic acids is 1. The van der Waals surface area contributed by atoms with Gasteiger partial charge in [-0.15, -0.1) is 0 Å². The SMILES string of the molecule is NC(=O)c1c(Nc2ccc(Nc3ccc(F)cc3)cc2)n[nH]c1N. The number of hydrogen-bond acceptors (Lipinski definition) is 5. The van der Waals surface area contributed by atoms with Crippen molar-refractivity contribution >= 4 is 34.6 Å². The van der Waals surface area contributed by atoms with Gasteiger partial charge >= 0.3 is 0 Å². The molecule has 0 aliphatic rings. The first kappa shape index (κ1) is 15.3. The average molecular weight is 326 g/mol. The topological polar surface area (TPSA) is 122 Å². The molecule has 0 saturated heterocycles. The quantitative estimate of drug-likeness (QED) is 0.493. The van der Waals surface area contributed by atoms with Crippen molar-refractivity contribution in [2.24, 2.45) is 5.73 Å². The number of H-pyrrole nitrogens is 1. The monoisotopic (exact) mass is 326 g/mol. The normalized spacial score (nSPS) is 10.4. The number of carbonyl (C=O) groups is 1. The maximum Gasteiger partial charge on any atom is 0.256 e. The van der Waals surface area contributed by atoms with Crippen LogP contribution in [0.1, 0.15) is 10.4 Å². The molecule has 24 heavy (non-hydrogen) atoms. The predicted octanol–water partition coefficient (Wildman–Crippen LogP) is 2.72. The van der Waals surface area contributed by atoms with Crippen molar-refractivity contribution in [1.29, 1.82) is 0 Å². The molecule has 8 heteroatoms. The summed E-state index contributed by atoms with van der Waals surface area (Å²) in [6.07, 6.45) is 0. The van der Waals surface area contributed by atoms with Crippen LogP contribution in [0.15, 0.2) is 48.5 Å². The van der Waals surface area contributed by atoms with E-state index >= 15 is 0 Å². The van der Waals surface area contributed by atoms with E-state index in [4.69, 9.17) is 11.5 Å². The van der Waals surface area contributed by atoms with Crippen LogP contribution >= 0.6 is 0 Å². The number of aromatic amines is 1. The molecule has 3 aromatic rings. The summed E-state index contributed by atoms with van der Waals surface area (Å²) in [6, 6.07) is 13.3. The first-order valence-corrected chi connectivity index (χ1v) is 7.06. The van der Waals surface area contributed by atoms with E-state index in [0.29, 0.717) is 5.69 Å². The molecule has 1 amide bonds. The molecule has 3 rings (SSSR count). The van der Waals surface area contributed by atoms with E-state index in [1.807, 2.05) is 12.1 Å². The number of anilines is 5. The Morgan fingerprint density at radius 1 is 0.958 bits per heavy atom. The van der Waals surface area contributed by atoms with E-state index < -0.39 is 5.91 Å². The van der Waals surface area contributed by atoms with Crippen LogP contribution < -0.4 is 22.1 Å². The van der Waals surface area contributed by atoms with Crippen molar-refractivity contribution in [2.45, 2.75) is 0 Å². The van der Waals surface area contributed by atoms with E-state index in [0.717, 1.165) is 11.4 Å². The smallest absolute Gasteiger partial charge is 0.256 e. The van der Waals surface area contributed by atoms with Crippen LogP contribution in [0.2, 0.25) is 0 Å². The van der Waals surface area contributed by atoms with Crippen LogP contribution in [0.25, 0.3) is 0 Å². The maximum absolute atomic E-state index is 12.9. The molecule has 122 valence electrons. The van der Waals surface area contributed by atoms with Gasteiger partial charge in [-0.2, -0.15) is 5.10 Å². The third-order valence-corrected chi connectivity index (χ3v) is 3.32. The molecule has 0 bridgehead atoms. The van der Waals surface area contributed by atoms with Crippen LogP contribution in [0.4, 0.5) is 33.1 Å². The summed E-state index contributed by atoms with van der Waals surface area (Å²) in [5, 5.41) is 12.5. The number of amides is 1. The lowest BCUT2D eigenvalue weighted by atomic mass is 10.2. The molecular weight excluding hydrogens is 311 g/mol. The highest BCUT2D eigenvalue weighted by molar-refractivity contribution is 6.02. The number of primary amides is 1. The third kappa shape index (κ3) is 3.27. The van der Waals surface area contributed by atoms with Crippen molar-refractivity contribution in [3.63, 3.8) is 0 Å². The second kappa shape index (κ2) is 6.29. The zero-order valence-electron chi connectivity index (χ0n) is 12.5. The third-order valence-electron chi connectivity index (χ3n) is 3.32. The number of nitrogens with zero attached hydrogens (tertiary/aromatic N) is 1. The zero-order chi connectivity index (χ0) is 17.1. The minimum absolute atomic E-state index is 0.111. The minimum Gasteiger partial charge on any atom is -0.383 e. The van der Waals surface area contributed by atoms with Crippen molar-refractivity contribution in [3.8, 4) is 0 Å². The fourth-order valence-electron chi connectivity index (χ4n) is 2.17. The first-order valence-electron chi connectivity index (χ1n) is 7.06. The molecule has 0 radical (unpaired) electrons. The van der Waals surface area contributed by atoms with E-state index in [1.165, 1.54) is 12.1 Å². The Hall–Kier alpha value is -3.55. The van der Waals surface area contributed by atoms with E-state index in [2.05, 4.69) is 20.8 Å². The van der Waals surface area contributed by atoms with Crippen LogP contribution in [0, 0.1) is 5.82 Å². The van der Waals surface area contributed by atoms with Gasteiger partial charge < -0.3 is 22.1 Å². The molecule has 1 heterocycles. The largest absolute Gasteiger partial charge is 0.383 e. The Labute approximate surface area is 136 Å². The second-order valence-electron chi connectivity index (χ2n) is 5.06. The van der Waals surface area contributed by atoms with Gasteiger partial charge in [-0.1, -0.05) is 0 Å². The summed E-state index contributed by atoms with van der Waals surface area (Å²) in [4.78, 5) is 11.4. The lowest BCUT2D eigenvalue weighted by Crippen LogP contribution is -2.14. The molecule has 0 aliphatic carbocycles. The Morgan fingerprint density at radius 2 is 1.46 bits per heavy atom. The van der Waals surface area contributed by atoms with E-state index in [9.17, 15) is 9.18 Å².